The second-order valence-electron chi connectivity index (χ2n) is 5.94. The van der Waals surface area contributed by atoms with E-state index in [1.807, 2.05) is 54.6 Å². The van der Waals surface area contributed by atoms with Crippen molar-refractivity contribution in [2.75, 3.05) is 13.7 Å². The highest BCUT2D eigenvalue weighted by Gasteiger charge is 2.04. The summed E-state index contributed by atoms with van der Waals surface area (Å²) in [6, 6.07) is 18.8. The van der Waals surface area contributed by atoms with Gasteiger partial charge in [-0.25, -0.2) is 0 Å². The highest BCUT2D eigenvalue weighted by atomic mass is 16.5. The zero-order chi connectivity index (χ0) is 18.4. The van der Waals surface area contributed by atoms with E-state index in [2.05, 4.69) is 5.32 Å². The molecule has 3 aromatic carbocycles. The van der Waals surface area contributed by atoms with E-state index in [4.69, 9.17) is 4.74 Å². The van der Waals surface area contributed by atoms with Gasteiger partial charge in [0, 0.05) is 18.0 Å². The molecule has 4 nitrogen and oxygen atoms in total. The van der Waals surface area contributed by atoms with Crippen molar-refractivity contribution >= 4 is 22.8 Å². The Labute approximate surface area is 152 Å². The number of nitrogens with one attached hydrogen (secondary N) is 1. The lowest BCUT2D eigenvalue weighted by Gasteiger charge is -2.08. The molecule has 26 heavy (non-hydrogen) atoms. The van der Waals surface area contributed by atoms with Crippen molar-refractivity contribution in [3.63, 3.8) is 0 Å². The Morgan fingerprint density at radius 1 is 1.04 bits per heavy atom. The number of carbonyl (C=O) groups excluding carboxylic acids is 1. The van der Waals surface area contributed by atoms with E-state index < -0.39 is 0 Å². The van der Waals surface area contributed by atoms with Crippen molar-refractivity contribution in [2.45, 2.75) is 6.42 Å². The van der Waals surface area contributed by atoms with Crippen molar-refractivity contribution in [1.29, 1.82) is 0 Å². The van der Waals surface area contributed by atoms with Crippen LogP contribution in [-0.4, -0.2) is 24.7 Å². The van der Waals surface area contributed by atoms with Crippen LogP contribution in [0.4, 0.5) is 0 Å². The Morgan fingerprint density at radius 3 is 2.50 bits per heavy atom. The molecule has 0 aliphatic rings. The summed E-state index contributed by atoms with van der Waals surface area (Å²) in [7, 11) is 1.65. The van der Waals surface area contributed by atoms with Gasteiger partial charge in [-0.1, -0.05) is 42.5 Å². The third-order valence-electron chi connectivity index (χ3n) is 4.20. The average Bonchev–Trinajstić information content (AvgIpc) is 2.67. The number of hydrogen-bond acceptors (Lipinski definition) is 3. The van der Waals surface area contributed by atoms with Gasteiger partial charge in [-0.15, -0.1) is 0 Å². The molecule has 0 aliphatic heterocycles. The lowest BCUT2D eigenvalue weighted by molar-refractivity contribution is -0.116. The van der Waals surface area contributed by atoms with Gasteiger partial charge in [-0.05, 0) is 47.2 Å². The summed E-state index contributed by atoms with van der Waals surface area (Å²) in [6.45, 7) is 0.539. The summed E-state index contributed by atoms with van der Waals surface area (Å²) in [5, 5.41) is 14.2. The molecule has 0 saturated carbocycles. The summed E-state index contributed by atoms with van der Waals surface area (Å²) in [4.78, 5) is 12.1. The molecule has 3 aromatic rings. The first-order chi connectivity index (χ1) is 12.7. The molecule has 0 fully saturated rings. The van der Waals surface area contributed by atoms with Crippen molar-refractivity contribution in [1.82, 2.24) is 5.32 Å². The highest BCUT2D eigenvalue weighted by molar-refractivity contribution is 5.98. The fraction of sp³-hybridized carbons (Fsp3) is 0.136. The lowest BCUT2D eigenvalue weighted by Crippen LogP contribution is -2.23. The van der Waals surface area contributed by atoms with Crippen LogP contribution in [0.5, 0.6) is 11.5 Å². The number of methoxy groups -OCH3 is 1. The van der Waals surface area contributed by atoms with Gasteiger partial charge in [0.05, 0.1) is 7.11 Å². The summed E-state index contributed by atoms with van der Waals surface area (Å²) in [5.74, 6) is 0.923. The fourth-order valence-corrected chi connectivity index (χ4v) is 2.84. The summed E-state index contributed by atoms with van der Waals surface area (Å²) < 4.78 is 5.39. The molecule has 0 bridgehead atoms. The lowest BCUT2D eigenvalue weighted by atomic mass is 10.0. The van der Waals surface area contributed by atoms with E-state index >= 15 is 0 Å². The predicted octanol–water partition coefficient (Wildman–Crippen LogP) is 3.93. The van der Waals surface area contributed by atoms with Crippen molar-refractivity contribution in [2.24, 2.45) is 0 Å². The maximum Gasteiger partial charge on any atom is 0.244 e. The number of phenols is 1. The zero-order valence-corrected chi connectivity index (χ0v) is 14.6. The zero-order valence-electron chi connectivity index (χ0n) is 14.6. The summed E-state index contributed by atoms with van der Waals surface area (Å²) >= 11 is 0. The number of benzene rings is 3. The number of amides is 1. The van der Waals surface area contributed by atoms with Gasteiger partial charge in [-0.3, -0.25) is 4.79 Å². The monoisotopic (exact) mass is 347 g/mol. The number of ether oxygens (including phenoxy) is 1. The quantitative estimate of drug-likeness (QED) is 0.664. The fourth-order valence-electron chi connectivity index (χ4n) is 2.84. The summed E-state index contributed by atoms with van der Waals surface area (Å²) in [6.07, 6.45) is 4.08. The molecule has 0 aromatic heterocycles. The van der Waals surface area contributed by atoms with Crippen molar-refractivity contribution in [3.8, 4) is 11.5 Å². The first kappa shape index (κ1) is 17.5. The Balaban J connectivity index is 1.63. The molecule has 0 radical (unpaired) electrons. The molecule has 2 N–H and O–H groups in total. The second-order valence-corrected chi connectivity index (χ2v) is 5.94. The first-order valence-electron chi connectivity index (χ1n) is 8.47. The van der Waals surface area contributed by atoms with Crippen molar-refractivity contribution in [3.05, 3.63) is 77.9 Å². The van der Waals surface area contributed by atoms with Gasteiger partial charge in [0.25, 0.3) is 0 Å². The number of hydrogen-bond donors (Lipinski definition) is 2. The van der Waals surface area contributed by atoms with Crippen LogP contribution >= 0.6 is 0 Å². The van der Waals surface area contributed by atoms with Crippen molar-refractivity contribution < 1.29 is 14.6 Å². The van der Waals surface area contributed by atoms with Gasteiger partial charge >= 0.3 is 0 Å². The molecule has 0 heterocycles. The maximum absolute atomic E-state index is 12.1. The van der Waals surface area contributed by atoms with Gasteiger partial charge in [0.2, 0.25) is 5.91 Å². The van der Waals surface area contributed by atoms with E-state index in [0.29, 0.717) is 13.0 Å². The Hall–Kier alpha value is -3.27. The van der Waals surface area contributed by atoms with Gasteiger partial charge in [-0.2, -0.15) is 0 Å². The van der Waals surface area contributed by atoms with E-state index in [9.17, 15) is 9.90 Å². The van der Waals surface area contributed by atoms with Crippen LogP contribution in [0.15, 0.2) is 66.7 Å². The maximum atomic E-state index is 12.1. The Bertz CT molecular complexity index is 930. The van der Waals surface area contributed by atoms with E-state index in [1.54, 1.807) is 25.3 Å². The largest absolute Gasteiger partial charge is 0.508 e. The minimum Gasteiger partial charge on any atom is -0.508 e. The number of carbonyl (C=O) groups is 1. The minimum absolute atomic E-state index is 0.135. The molecular weight excluding hydrogens is 326 g/mol. The molecule has 0 saturated heterocycles. The predicted molar refractivity (Wildman–Crippen MR) is 104 cm³/mol. The van der Waals surface area contributed by atoms with Crippen LogP contribution in [-0.2, 0) is 11.2 Å². The molecule has 0 atom stereocenters. The molecule has 0 unspecified atom stereocenters. The summed E-state index contributed by atoms with van der Waals surface area (Å²) in [5.41, 5.74) is 2.03. The molecule has 4 heteroatoms. The third kappa shape index (κ3) is 4.22. The second kappa shape index (κ2) is 8.21. The molecule has 3 rings (SSSR count). The minimum atomic E-state index is -0.135. The number of aromatic hydroxyl groups is 1. The SMILES string of the molecule is COc1ccc(/C=C/C(=O)NCCc2ccc(O)cc2)c2ccccc12. The van der Waals surface area contributed by atoms with Gasteiger partial charge in [0.15, 0.2) is 0 Å². The third-order valence-corrected chi connectivity index (χ3v) is 4.20. The van der Waals surface area contributed by atoms with Crippen LogP contribution in [0.25, 0.3) is 16.8 Å². The molecule has 132 valence electrons. The number of rotatable bonds is 6. The topological polar surface area (TPSA) is 58.6 Å². The van der Waals surface area contributed by atoms with Crippen LogP contribution in [0, 0.1) is 0 Å². The van der Waals surface area contributed by atoms with Gasteiger partial charge < -0.3 is 15.2 Å². The number of phenolic OH excluding ortho intramolecular Hbond substituents is 1. The van der Waals surface area contributed by atoms with Crippen LogP contribution in [0.3, 0.4) is 0 Å². The van der Waals surface area contributed by atoms with Crippen LogP contribution in [0.1, 0.15) is 11.1 Å². The first-order valence-corrected chi connectivity index (χ1v) is 8.47. The molecule has 0 spiro atoms. The smallest absolute Gasteiger partial charge is 0.244 e. The average molecular weight is 347 g/mol. The normalized spacial score (nSPS) is 11.0. The highest BCUT2D eigenvalue weighted by Crippen LogP contribution is 2.28. The molecular formula is C22H21NO3. The van der Waals surface area contributed by atoms with E-state index in [0.717, 1.165) is 27.6 Å². The molecule has 1 amide bonds. The molecule has 0 aliphatic carbocycles. The van der Waals surface area contributed by atoms with Gasteiger partial charge in [0.1, 0.15) is 11.5 Å². The number of fused-ring (bicyclic) bond motifs is 1. The standard InChI is InChI=1S/C22H21NO3/c1-26-21-12-8-17(19-4-2-3-5-20(19)21)9-13-22(25)23-15-14-16-6-10-18(24)11-7-16/h2-13,24H,14-15H2,1H3,(H,23,25)/b13-9+. The Morgan fingerprint density at radius 2 is 1.77 bits per heavy atom. The van der Waals surface area contributed by atoms with Crippen LogP contribution in [0.2, 0.25) is 0 Å². The van der Waals surface area contributed by atoms with E-state index in [-0.39, 0.29) is 11.7 Å². The Kier molecular flexibility index (Phi) is 5.54. The van der Waals surface area contributed by atoms with Crippen LogP contribution < -0.4 is 10.1 Å². The van der Waals surface area contributed by atoms with E-state index in [1.165, 1.54) is 0 Å².